The Hall–Kier alpha value is -2.81. The van der Waals surface area contributed by atoms with E-state index in [1.807, 2.05) is 83.2 Å². The van der Waals surface area contributed by atoms with Gasteiger partial charge >= 0.3 is 18.0 Å². The van der Waals surface area contributed by atoms with Crippen molar-refractivity contribution in [1.82, 2.24) is 9.80 Å². The Balaban J connectivity index is 1.66. The maximum absolute atomic E-state index is 15.8. The van der Waals surface area contributed by atoms with Crippen LogP contribution in [0.4, 0.5) is 4.79 Å². The first-order valence-corrected chi connectivity index (χ1v) is 28.3. The third-order valence-electron chi connectivity index (χ3n) is 16.7. The molecule has 1 N–H and O–H groups in total. The van der Waals surface area contributed by atoms with Crippen LogP contribution in [0.15, 0.2) is 0 Å². The Bertz CT molecular complexity index is 1860. The highest BCUT2D eigenvalue weighted by Crippen LogP contribution is 2.40. The van der Waals surface area contributed by atoms with E-state index in [0.717, 1.165) is 0 Å². The summed E-state index contributed by atoms with van der Waals surface area (Å²) in [6.45, 7) is 29.4. The molecule has 18 nitrogen and oxygen atoms in total. The second-order valence-corrected chi connectivity index (χ2v) is 24.4. The van der Waals surface area contributed by atoms with Crippen LogP contribution < -0.4 is 0 Å². The van der Waals surface area contributed by atoms with Crippen LogP contribution in [0.25, 0.3) is 0 Å². The number of aliphatic hydroxyl groups excluding tert-OH is 1. The molecule has 18 heteroatoms. The van der Waals surface area contributed by atoms with E-state index in [9.17, 15) is 19.5 Å². The van der Waals surface area contributed by atoms with Crippen LogP contribution in [-0.2, 0) is 66.5 Å². The molecular formula is C57H98N2O16. The van der Waals surface area contributed by atoms with Gasteiger partial charge in [0, 0.05) is 63.6 Å². The van der Waals surface area contributed by atoms with Gasteiger partial charge in [-0.2, -0.15) is 0 Å². The first-order chi connectivity index (χ1) is 35.1. The quantitative estimate of drug-likeness (QED) is 0.133. The third-order valence-corrected chi connectivity index (χ3v) is 16.7. The van der Waals surface area contributed by atoms with Gasteiger partial charge in [-0.25, -0.2) is 4.79 Å². The van der Waals surface area contributed by atoms with Crippen molar-refractivity contribution in [3.8, 4) is 0 Å². The molecule has 432 valence electrons. The van der Waals surface area contributed by atoms with Crippen molar-refractivity contribution in [2.24, 2.45) is 41.4 Å². The van der Waals surface area contributed by atoms with Gasteiger partial charge in [-0.15, -0.1) is 0 Å². The lowest BCUT2D eigenvalue weighted by Crippen LogP contribution is -2.56. The fourth-order valence-electron chi connectivity index (χ4n) is 12.6. The summed E-state index contributed by atoms with van der Waals surface area (Å²) in [6, 6.07) is 0.0748. The highest BCUT2D eigenvalue weighted by Gasteiger charge is 2.52. The standard InChI is InChI=1S/C57H98N2O16/c1-30(2)20-47(61)72-52-39(11)51(31(3)18-19-44-24-46(66-17)49(62)42(14)71-44)74-55(64)41(13)53(73-48-21-33(5)58(16)26-35(7)70-48)38(10)50(67-29-45-23-43(60)22-34(6)69-45)32(4)25-57(15,54(63)40(52)12)75-56(65)59-27-36(8)68-37(9)28-59/h30-42,44-46,48-53,62H,18-29H2,1-17H3/t31-,32-,33+,34+,35-,36-,37-,38+,39-,40+,41+,42+,44-,45+,46-,48-,49+,50-,51+,52+,53-,57-/m0/s1. The molecule has 5 heterocycles. The van der Waals surface area contributed by atoms with Crippen molar-refractivity contribution in [1.29, 1.82) is 0 Å². The van der Waals surface area contributed by atoms with Crippen LogP contribution in [0.3, 0.4) is 0 Å². The van der Waals surface area contributed by atoms with E-state index >= 15 is 9.59 Å². The normalized spacial score (nSPS) is 41.8. The molecule has 1 amide bonds. The molecule has 0 saturated carbocycles. The maximum atomic E-state index is 15.8. The number of cyclic esters (lactones) is 1. The first kappa shape index (κ1) is 63.0. The van der Waals surface area contributed by atoms with Gasteiger partial charge in [0.25, 0.3) is 0 Å². The maximum Gasteiger partial charge on any atom is 0.410 e. The molecule has 5 aliphatic heterocycles. The fraction of sp³-hybridized carbons (Fsp3) is 0.912. The van der Waals surface area contributed by atoms with Crippen LogP contribution in [-0.4, -0.2) is 182 Å². The number of ether oxygens (including phenoxy) is 10. The molecule has 0 aromatic carbocycles. The van der Waals surface area contributed by atoms with E-state index in [4.69, 9.17) is 47.4 Å². The molecule has 5 aliphatic rings. The summed E-state index contributed by atoms with van der Waals surface area (Å²) in [6.07, 6.45) is -6.19. The van der Waals surface area contributed by atoms with Crippen LogP contribution in [0, 0.1) is 41.4 Å². The van der Waals surface area contributed by atoms with E-state index in [-0.39, 0.29) is 93.1 Å². The fourth-order valence-corrected chi connectivity index (χ4v) is 12.6. The number of aliphatic hydroxyl groups is 1. The first-order valence-electron chi connectivity index (χ1n) is 28.3. The van der Waals surface area contributed by atoms with Gasteiger partial charge in [0.05, 0.1) is 92.6 Å². The molecule has 5 saturated heterocycles. The van der Waals surface area contributed by atoms with E-state index in [2.05, 4.69) is 11.8 Å². The van der Waals surface area contributed by atoms with E-state index < -0.39 is 114 Å². The zero-order valence-electron chi connectivity index (χ0n) is 48.7. The zero-order valence-corrected chi connectivity index (χ0v) is 48.7. The lowest BCUT2D eigenvalue weighted by molar-refractivity contribution is -0.227. The molecule has 22 atom stereocenters. The predicted molar refractivity (Wildman–Crippen MR) is 280 cm³/mol. The molecule has 0 aromatic heterocycles. The average Bonchev–Trinajstić information content (AvgIpc) is 3.44. The number of carbonyl (C=O) groups excluding carboxylic acids is 5. The summed E-state index contributed by atoms with van der Waals surface area (Å²) in [7, 11) is 3.62. The summed E-state index contributed by atoms with van der Waals surface area (Å²) in [4.78, 5) is 76.4. The molecule has 0 aliphatic carbocycles. The van der Waals surface area contributed by atoms with Gasteiger partial charge < -0.3 is 62.3 Å². The second kappa shape index (κ2) is 27.9. The average molecular weight is 1070 g/mol. The molecule has 0 unspecified atom stereocenters. The minimum absolute atomic E-state index is 0.0305. The van der Waals surface area contributed by atoms with Gasteiger partial charge in [-0.1, -0.05) is 48.5 Å². The lowest BCUT2D eigenvalue weighted by Gasteiger charge is -2.44. The van der Waals surface area contributed by atoms with Crippen molar-refractivity contribution in [3.63, 3.8) is 0 Å². The number of morpholine rings is 1. The van der Waals surface area contributed by atoms with Crippen LogP contribution in [0.5, 0.6) is 0 Å². The summed E-state index contributed by atoms with van der Waals surface area (Å²) in [5.41, 5.74) is -1.82. The van der Waals surface area contributed by atoms with Gasteiger partial charge in [-0.05, 0) is 99.5 Å². The Labute approximate surface area is 448 Å². The molecule has 0 radical (unpaired) electrons. The zero-order chi connectivity index (χ0) is 55.8. The number of methoxy groups -OCH3 is 1. The summed E-state index contributed by atoms with van der Waals surface area (Å²) in [5.74, 6) is -5.85. The van der Waals surface area contributed by atoms with Crippen molar-refractivity contribution < 1.29 is 76.4 Å². The number of ketones is 2. The summed E-state index contributed by atoms with van der Waals surface area (Å²) < 4.78 is 64.6. The van der Waals surface area contributed by atoms with Gasteiger partial charge in [0.15, 0.2) is 17.7 Å². The minimum Gasteiger partial charge on any atom is -0.461 e. The Morgan fingerprint density at radius 2 is 1.43 bits per heavy atom. The number of carbonyl (C=O) groups is 5. The number of esters is 2. The second-order valence-electron chi connectivity index (χ2n) is 24.4. The topological polar surface area (TPSA) is 204 Å². The SMILES string of the molecule is CO[C@H]1C[C@H](CC[C@H](C)[C@H]2OC(=O)[C@H](C)[C@@H](O[C@H]3C[C@@H](C)N(C)C[C@H](C)O3)[C@H](C)[C@@H](OC[C@H]3CC(=O)C[C@@H](C)O3)[C@@H](C)C[C@](C)(OC(=O)N3C[C@H](C)O[C@@H](C)C3)C(=O)[C@H](C)[C@H](OC(=O)CC(C)C)[C@H]2C)O[C@H](C)[C@H]1O. The van der Waals surface area contributed by atoms with E-state index in [0.29, 0.717) is 38.6 Å². The molecule has 0 aromatic rings. The Morgan fingerprint density at radius 3 is 2.05 bits per heavy atom. The predicted octanol–water partition coefficient (Wildman–Crippen LogP) is 7.35. The number of Topliss-reactive ketones (excluding diaryl/α,β-unsaturated/α-hetero) is 2. The number of rotatable bonds is 14. The van der Waals surface area contributed by atoms with Crippen molar-refractivity contribution >= 4 is 29.6 Å². The number of amides is 1. The molecule has 0 spiro atoms. The largest absolute Gasteiger partial charge is 0.461 e. The van der Waals surface area contributed by atoms with Gasteiger partial charge in [-0.3, -0.25) is 19.2 Å². The van der Waals surface area contributed by atoms with Crippen LogP contribution >= 0.6 is 0 Å². The monoisotopic (exact) mass is 1070 g/mol. The van der Waals surface area contributed by atoms with Crippen LogP contribution in [0.2, 0.25) is 0 Å². The van der Waals surface area contributed by atoms with E-state index in [1.165, 1.54) is 0 Å². The van der Waals surface area contributed by atoms with E-state index in [1.54, 1.807) is 32.8 Å². The molecule has 0 bridgehead atoms. The van der Waals surface area contributed by atoms with Crippen molar-refractivity contribution in [2.75, 3.05) is 40.4 Å². The highest BCUT2D eigenvalue weighted by atomic mass is 16.7. The minimum atomic E-state index is -1.82. The van der Waals surface area contributed by atoms with Crippen molar-refractivity contribution in [2.45, 2.75) is 253 Å². The Morgan fingerprint density at radius 1 is 0.773 bits per heavy atom. The van der Waals surface area contributed by atoms with Crippen molar-refractivity contribution in [3.05, 3.63) is 0 Å². The highest BCUT2D eigenvalue weighted by molar-refractivity contribution is 5.91. The number of nitrogens with zero attached hydrogens (tertiary/aromatic N) is 2. The number of hydrogen-bond acceptors (Lipinski definition) is 17. The smallest absolute Gasteiger partial charge is 0.410 e. The Kier molecular flexibility index (Phi) is 23.4. The molecule has 5 rings (SSSR count). The summed E-state index contributed by atoms with van der Waals surface area (Å²) in [5, 5.41) is 10.8. The van der Waals surface area contributed by atoms with Gasteiger partial charge in [0.2, 0.25) is 0 Å². The third kappa shape index (κ3) is 17.1. The van der Waals surface area contributed by atoms with Crippen LogP contribution in [0.1, 0.15) is 155 Å². The molecular weight excluding hydrogens is 969 g/mol. The molecule has 5 fully saturated rings. The van der Waals surface area contributed by atoms with Gasteiger partial charge in [0.1, 0.15) is 24.1 Å². The summed E-state index contributed by atoms with van der Waals surface area (Å²) >= 11 is 0. The molecule has 75 heavy (non-hydrogen) atoms. The lowest BCUT2D eigenvalue weighted by atomic mass is 9.73. The number of hydrogen-bond donors (Lipinski definition) is 1. The number of likely N-dealkylation sites (N-methyl/N-ethyl adjacent to an activating group) is 1.